The van der Waals surface area contributed by atoms with Gasteiger partial charge in [0.1, 0.15) is 0 Å². The number of nitrogens with one attached hydrogen (secondary N) is 2. The van der Waals surface area contributed by atoms with Gasteiger partial charge < -0.3 is 20.1 Å². The molecule has 2 aliphatic heterocycles. The molecule has 1 unspecified atom stereocenters. The molecule has 186 valence electrons. The fourth-order valence-corrected chi connectivity index (χ4v) is 5.08. The van der Waals surface area contributed by atoms with Gasteiger partial charge in [0.25, 0.3) is 0 Å². The molecule has 0 aliphatic carbocycles. The molecule has 2 aliphatic rings. The zero-order valence-electron chi connectivity index (χ0n) is 21.4. The van der Waals surface area contributed by atoms with Crippen LogP contribution < -0.4 is 10.6 Å². The van der Waals surface area contributed by atoms with Gasteiger partial charge in [0, 0.05) is 49.5 Å². The molecule has 0 amide bonds. The van der Waals surface area contributed by atoms with E-state index in [2.05, 4.69) is 55.7 Å². The van der Waals surface area contributed by atoms with Crippen molar-refractivity contribution in [3.8, 4) is 0 Å². The van der Waals surface area contributed by atoms with Gasteiger partial charge in [0.2, 0.25) is 0 Å². The average Bonchev–Trinajstić information content (AvgIpc) is 3.56. The summed E-state index contributed by atoms with van der Waals surface area (Å²) in [6.45, 7) is 12.6. The molecule has 4 rings (SSSR count). The number of pyridine rings is 2. The van der Waals surface area contributed by atoms with Crippen LogP contribution in [0.2, 0.25) is 0 Å². The van der Waals surface area contributed by atoms with E-state index in [1.165, 1.54) is 33.9 Å². The zero-order valence-corrected chi connectivity index (χ0v) is 21.4. The number of ether oxygens (including phenoxy) is 2. The topological polar surface area (TPSA) is 68.3 Å². The third-order valence-electron chi connectivity index (χ3n) is 7.29. The lowest BCUT2D eigenvalue weighted by atomic mass is 9.94. The summed E-state index contributed by atoms with van der Waals surface area (Å²) in [5, 5.41) is 6.96. The first-order valence-corrected chi connectivity index (χ1v) is 13.1. The SMILES string of the molecule is CNCc1nc(C(C)CCNCc2nc(C(C)C)ccc2[C@@H]2CCOC2)ccc1[C@H]1CCOC1. The van der Waals surface area contributed by atoms with Crippen LogP contribution in [0.25, 0.3) is 0 Å². The molecular formula is C28H42N4O2. The molecular weight excluding hydrogens is 424 g/mol. The van der Waals surface area contributed by atoms with E-state index >= 15 is 0 Å². The number of aromatic nitrogens is 2. The summed E-state index contributed by atoms with van der Waals surface area (Å²) in [6.07, 6.45) is 3.23. The van der Waals surface area contributed by atoms with Crippen molar-refractivity contribution < 1.29 is 9.47 Å². The van der Waals surface area contributed by atoms with Crippen LogP contribution in [0, 0.1) is 0 Å². The third-order valence-corrected chi connectivity index (χ3v) is 7.29. The van der Waals surface area contributed by atoms with Crippen LogP contribution in [0.5, 0.6) is 0 Å². The third kappa shape index (κ3) is 6.22. The minimum Gasteiger partial charge on any atom is -0.381 e. The molecule has 0 bridgehead atoms. The van der Waals surface area contributed by atoms with E-state index in [1.54, 1.807) is 0 Å². The van der Waals surface area contributed by atoms with Crippen LogP contribution in [-0.4, -0.2) is 50.0 Å². The molecule has 34 heavy (non-hydrogen) atoms. The molecule has 0 saturated carbocycles. The van der Waals surface area contributed by atoms with Crippen LogP contribution in [0.4, 0.5) is 0 Å². The summed E-state index contributed by atoms with van der Waals surface area (Å²) in [6, 6.07) is 8.99. The van der Waals surface area contributed by atoms with Gasteiger partial charge in [0.05, 0.1) is 24.6 Å². The Morgan fingerprint density at radius 3 is 2.00 bits per heavy atom. The van der Waals surface area contributed by atoms with E-state index in [-0.39, 0.29) is 0 Å². The molecule has 6 nitrogen and oxygen atoms in total. The van der Waals surface area contributed by atoms with Crippen LogP contribution in [-0.2, 0) is 22.6 Å². The first-order chi connectivity index (χ1) is 16.6. The first kappa shape index (κ1) is 25.2. The Morgan fingerprint density at radius 1 is 0.853 bits per heavy atom. The summed E-state index contributed by atoms with van der Waals surface area (Å²) in [4.78, 5) is 10.1. The maximum Gasteiger partial charge on any atom is 0.0580 e. The lowest BCUT2D eigenvalue weighted by Crippen LogP contribution is -2.20. The summed E-state index contributed by atoms with van der Waals surface area (Å²) < 4.78 is 11.3. The highest BCUT2D eigenvalue weighted by molar-refractivity contribution is 5.30. The van der Waals surface area contributed by atoms with Crippen LogP contribution in [0.1, 0.15) is 97.6 Å². The van der Waals surface area contributed by atoms with Gasteiger partial charge in [-0.2, -0.15) is 0 Å². The van der Waals surface area contributed by atoms with Crippen LogP contribution >= 0.6 is 0 Å². The van der Waals surface area contributed by atoms with E-state index in [1.807, 2.05) is 7.05 Å². The molecule has 2 N–H and O–H groups in total. The second-order valence-electron chi connectivity index (χ2n) is 10.2. The standard InChI is InChI=1S/C28H42N4O2/c1-19(2)25-7-5-24(22-11-14-34-18-22)28(31-25)16-30-12-9-20(3)26-8-6-23(21-10-13-33-17-21)27(32-26)15-29-4/h5-8,19-22,29-30H,9-18H2,1-4H3/t20?,21-,22+/m0/s1. The molecule has 4 heterocycles. The Hall–Kier alpha value is -1.86. The van der Waals surface area contributed by atoms with Gasteiger partial charge in [0.15, 0.2) is 0 Å². The molecule has 0 aromatic carbocycles. The van der Waals surface area contributed by atoms with Crippen molar-refractivity contribution in [2.45, 2.75) is 76.8 Å². The number of rotatable bonds is 11. The van der Waals surface area contributed by atoms with E-state index in [9.17, 15) is 0 Å². The van der Waals surface area contributed by atoms with Crippen molar-refractivity contribution in [3.05, 3.63) is 58.2 Å². The first-order valence-electron chi connectivity index (χ1n) is 13.1. The van der Waals surface area contributed by atoms with Gasteiger partial charge >= 0.3 is 0 Å². The molecule has 0 spiro atoms. The smallest absolute Gasteiger partial charge is 0.0580 e. The average molecular weight is 467 g/mol. The Kier molecular flexibility index (Phi) is 9.06. The van der Waals surface area contributed by atoms with Crippen molar-refractivity contribution in [1.82, 2.24) is 20.6 Å². The molecule has 2 aromatic heterocycles. The summed E-state index contributed by atoms with van der Waals surface area (Å²) in [7, 11) is 1.99. The van der Waals surface area contributed by atoms with E-state index in [0.29, 0.717) is 23.7 Å². The van der Waals surface area contributed by atoms with Gasteiger partial charge in [-0.1, -0.05) is 32.9 Å². The highest BCUT2D eigenvalue weighted by Gasteiger charge is 2.23. The van der Waals surface area contributed by atoms with Crippen LogP contribution in [0.3, 0.4) is 0 Å². The highest BCUT2D eigenvalue weighted by atomic mass is 16.5. The number of hydrogen-bond acceptors (Lipinski definition) is 6. The zero-order chi connectivity index (χ0) is 23.9. The second kappa shape index (κ2) is 12.2. The van der Waals surface area contributed by atoms with E-state index < -0.39 is 0 Å². The molecule has 2 fully saturated rings. The second-order valence-corrected chi connectivity index (χ2v) is 10.2. The van der Waals surface area contributed by atoms with Crippen molar-refractivity contribution in [3.63, 3.8) is 0 Å². The maximum atomic E-state index is 5.65. The van der Waals surface area contributed by atoms with Crippen molar-refractivity contribution in [1.29, 1.82) is 0 Å². The summed E-state index contributed by atoms with van der Waals surface area (Å²) in [5.74, 6) is 1.79. The predicted octanol–water partition coefficient (Wildman–Crippen LogP) is 4.61. The lowest BCUT2D eigenvalue weighted by molar-refractivity contribution is 0.193. The number of nitrogens with zero attached hydrogens (tertiary/aromatic N) is 2. The molecule has 6 heteroatoms. The Labute approximate surface area is 205 Å². The Bertz CT molecular complexity index is 921. The van der Waals surface area contributed by atoms with Gasteiger partial charge in [-0.25, -0.2) is 0 Å². The molecule has 2 aromatic rings. The monoisotopic (exact) mass is 466 g/mol. The fraction of sp³-hybridized carbons (Fsp3) is 0.643. The minimum absolute atomic E-state index is 0.398. The highest BCUT2D eigenvalue weighted by Crippen LogP contribution is 2.30. The van der Waals surface area contributed by atoms with Crippen molar-refractivity contribution in [2.75, 3.05) is 40.0 Å². The van der Waals surface area contributed by atoms with Crippen molar-refractivity contribution >= 4 is 0 Å². The van der Waals surface area contributed by atoms with Crippen molar-refractivity contribution in [2.24, 2.45) is 0 Å². The van der Waals surface area contributed by atoms with Gasteiger partial charge in [-0.15, -0.1) is 0 Å². The van der Waals surface area contributed by atoms with E-state index in [0.717, 1.165) is 65.3 Å². The largest absolute Gasteiger partial charge is 0.381 e. The quantitative estimate of drug-likeness (QED) is 0.472. The lowest BCUT2D eigenvalue weighted by Gasteiger charge is -2.19. The predicted molar refractivity (Wildman–Crippen MR) is 136 cm³/mol. The fourth-order valence-electron chi connectivity index (χ4n) is 5.08. The Balaban J connectivity index is 1.36. The number of hydrogen-bond donors (Lipinski definition) is 2. The van der Waals surface area contributed by atoms with Gasteiger partial charge in [-0.3, -0.25) is 9.97 Å². The summed E-state index contributed by atoms with van der Waals surface area (Å²) in [5.41, 5.74) is 7.41. The minimum atomic E-state index is 0.398. The molecule has 2 saturated heterocycles. The normalized spacial score (nSPS) is 21.4. The van der Waals surface area contributed by atoms with Gasteiger partial charge in [-0.05, 0) is 68.0 Å². The van der Waals surface area contributed by atoms with E-state index in [4.69, 9.17) is 19.4 Å². The maximum absolute atomic E-state index is 5.65. The Morgan fingerprint density at radius 2 is 1.44 bits per heavy atom. The molecule has 0 radical (unpaired) electrons. The van der Waals surface area contributed by atoms with Crippen LogP contribution in [0.15, 0.2) is 24.3 Å². The molecule has 3 atom stereocenters. The summed E-state index contributed by atoms with van der Waals surface area (Å²) >= 11 is 0.